The van der Waals surface area contributed by atoms with Crippen LogP contribution in [0.1, 0.15) is 131 Å². The Hall–Kier alpha value is -2.73. The van der Waals surface area contributed by atoms with Gasteiger partial charge in [0.15, 0.2) is 0 Å². The van der Waals surface area contributed by atoms with Crippen LogP contribution < -0.4 is 10.1 Å². The van der Waals surface area contributed by atoms with Gasteiger partial charge in [-0.05, 0) is 42.3 Å². The smallest absolute Gasteiger partial charge is 0.251 e. The first-order valence-electron chi connectivity index (χ1n) is 17.0. The van der Waals surface area contributed by atoms with Crippen LogP contribution in [0.2, 0.25) is 5.02 Å². The summed E-state index contributed by atoms with van der Waals surface area (Å²) in [5.41, 5.74) is 3.58. The molecule has 0 bridgehead atoms. The molecule has 1 aliphatic heterocycles. The van der Waals surface area contributed by atoms with Crippen LogP contribution in [0, 0.1) is 0 Å². The molecule has 7 heteroatoms. The third-order valence-corrected chi connectivity index (χ3v) is 9.33. The van der Waals surface area contributed by atoms with Crippen molar-refractivity contribution in [3.63, 3.8) is 0 Å². The Morgan fingerprint density at radius 1 is 0.822 bits per heavy atom. The van der Waals surface area contributed by atoms with Gasteiger partial charge in [-0.1, -0.05) is 139 Å². The van der Waals surface area contributed by atoms with Gasteiger partial charge in [-0.25, -0.2) is 0 Å². The van der Waals surface area contributed by atoms with E-state index in [9.17, 15) is 15.0 Å². The van der Waals surface area contributed by atoms with Gasteiger partial charge in [-0.3, -0.25) is 4.79 Å². The van der Waals surface area contributed by atoms with E-state index in [1.54, 1.807) is 24.3 Å². The quantitative estimate of drug-likeness (QED) is 0.132. The summed E-state index contributed by atoms with van der Waals surface area (Å²) in [6.07, 6.45) is 23.5. The summed E-state index contributed by atoms with van der Waals surface area (Å²) in [5, 5.41) is 23.9. The van der Waals surface area contributed by atoms with Crippen LogP contribution in [0.3, 0.4) is 0 Å². The number of fused-ring (bicyclic) bond motifs is 2. The third kappa shape index (κ3) is 10.4. The molecule has 5 nitrogen and oxygen atoms in total. The van der Waals surface area contributed by atoms with Gasteiger partial charge in [0.2, 0.25) is 0 Å². The summed E-state index contributed by atoms with van der Waals surface area (Å²) in [5.74, 6) is 0.669. The van der Waals surface area contributed by atoms with Gasteiger partial charge in [0, 0.05) is 34.9 Å². The Morgan fingerprint density at radius 2 is 1.38 bits per heavy atom. The average Bonchev–Trinajstić information content (AvgIpc) is 3.03. The van der Waals surface area contributed by atoms with Gasteiger partial charge in [-0.2, -0.15) is 0 Å². The topological polar surface area (TPSA) is 78.8 Å². The Bertz CT molecular complexity index is 1360. The minimum Gasteiger partial charge on any atom is -0.506 e. The van der Waals surface area contributed by atoms with Crippen molar-refractivity contribution < 1.29 is 19.7 Å². The summed E-state index contributed by atoms with van der Waals surface area (Å²) < 4.78 is 5.99. The molecule has 1 atom stereocenters. The number of unbranched alkanes of at least 4 members (excludes halogenated alkanes) is 15. The zero-order valence-electron chi connectivity index (χ0n) is 26.7. The molecule has 2 aromatic carbocycles. The number of nitrogens with one attached hydrogen (secondary N) is 1. The SMILES string of the molecule is CCCCCCCCCCCCCCCCCCNC(=O)c1ccc(C2=C3C=C(Cl)C(O)C=C3Oc3cc(O)c(Cl)cc32)cc1. The van der Waals surface area contributed by atoms with Crippen molar-refractivity contribution in [3.05, 3.63) is 86.6 Å². The molecule has 1 unspecified atom stereocenters. The van der Waals surface area contributed by atoms with Gasteiger partial charge in [0.1, 0.15) is 23.4 Å². The second-order valence-electron chi connectivity index (χ2n) is 12.3. The first-order valence-corrected chi connectivity index (χ1v) is 17.8. The average molecular weight is 655 g/mol. The minimum absolute atomic E-state index is 0.0928. The van der Waals surface area contributed by atoms with E-state index in [1.165, 1.54) is 102 Å². The van der Waals surface area contributed by atoms with E-state index in [4.69, 9.17) is 27.9 Å². The minimum atomic E-state index is -0.977. The van der Waals surface area contributed by atoms with E-state index in [2.05, 4.69) is 12.2 Å². The second-order valence-corrected chi connectivity index (χ2v) is 13.2. The first kappa shape index (κ1) is 35.1. The molecule has 3 N–H and O–H groups in total. The third-order valence-electron chi connectivity index (χ3n) is 8.70. The molecule has 0 radical (unpaired) electrons. The number of hydrogen-bond acceptors (Lipinski definition) is 4. The molecule has 0 fully saturated rings. The normalized spacial score (nSPS) is 15.6. The maximum atomic E-state index is 12.8. The molecule has 1 amide bonds. The van der Waals surface area contributed by atoms with Gasteiger partial charge in [-0.15, -0.1) is 0 Å². The van der Waals surface area contributed by atoms with Crippen molar-refractivity contribution in [2.45, 2.75) is 116 Å². The number of amides is 1. The summed E-state index contributed by atoms with van der Waals surface area (Å²) in [7, 11) is 0. The monoisotopic (exact) mass is 653 g/mol. The number of carbonyl (C=O) groups is 1. The number of benzene rings is 2. The van der Waals surface area contributed by atoms with Crippen LogP contribution in [0.5, 0.6) is 11.5 Å². The number of aliphatic hydroxyl groups is 1. The summed E-state index contributed by atoms with van der Waals surface area (Å²) in [6, 6.07) is 10.5. The van der Waals surface area contributed by atoms with Crippen molar-refractivity contribution in [1.82, 2.24) is 5.32 Å². The van der Waals surface area contributed by atoms with Gasteiger partial charge in [0.05, 0.1) is 10.1 Å². The summed E-state index contributed by atoms with van der Waals surface area (Å²) in [6.45, 7) is 2.94. The van der Waals surface area contributed by atoms with Crippen LogP contribution in [-0.4, -0.2) is 28.8 Å². The summed E-state index contributed by atoms with van der Waals surface area (Å²) >= 11 is 12.5. The van der Waals surface area contributed by atoms with Gasteiger partial charge < -0.3 is 20.3 Å². The number of aromatic hydroxyl groups is 1. The van der Waals surface area contributed by atoms with Crippen molar-refractivity contribution in [2.75, 3.05) is 6.54 Å². The number of allylic oxidation sites excluding steroid dienone is 1. The standard InChI is InChI=1S/C38H49Cl2NO4/c1-2-3-4-5-6-7-8-9-10-11-12-13-14-15-16-17-22-41-38(44)28-20-18-27(19-21-28)37-29-23-31(39)33(42)25-35(29)45-36-26-34(43)32(40)24-30(36)37/h18-21,23-26,33,42-43H,2-17,22H2,1H3,(H,41,44). The van der Waals surface area contributed by atoms with E-state index in [-0.39, 0.29) is 21.7 Å². The van der Waals surface area contributed by atoms with E-state index < -0.39 is 6.10 Å². The Balaban J connectivity index is 1.17. The van der Waals surface area contributed by atoms with Gasteiger partial charge >= 0.3 is 0 Å². The van der Waals surface area contributed by atoms with Crippen molar-refractivity contribution in [3.8, 4) is 11.5 Å². The highest BCUT2D eigenvalue weighted by atomic mass is 35.5. The zero-order chi connectivity index (χ0) is 32.0. The molecular formula is C38H49Cl2NO4. The lowest BCUT2D eigenvalue weighted by Crippen LogP contribution is -2.24. The Labute approximate surface area is 279 Å². The zero-order valence-corrected chi connectivity index (χ0v) is 28.2. The first-order chi connectivity index (χ1) is 21.9. The van der Waals surface area contributed by atoms with Crippen LogP contribution in [0.25, 0.3) is 5.57 Å². The number of aliphatic hydroxyl groups excluding tert-OH is 1. The number of phenolic OH excluding ortho intramolecular Hbond substituents is 1. The molecule has 2 aliphatic rings. The van der Waals surface area contributed by atoms with Crippen LogP contribution in [0.4, 0.5) is 0 Å². The number of rotatable bonds is 19. The number of carbonyl (C=O) groups excluding carboxylic acids is 1. The fourth-order valence-corrected chi connectivity index (χ4v) is 6.39. The highest BCUT2D eigenvalue weighted by Gasteiger charge is 2.30. The Morgan fingerprint density at radius 3 is 1.96 bits per heavy atom. The van der Waals surface area contributed by atoms with Crippen LogP contribution in [-0.2, 0) is 0 Å². The highest BCUT2D eigenvalue weighted by Crippen LogP contribution is 2.47. The lowest BCUT2D eigenvalue weighted by molar-refractivity contribution is 0.0953. The molecule has 1 heterocycles. The fourth-order valence-electron chi connectivity index (χ4n) is 6.05. The molecular weight excluding hydrogens is 605 g/mol. The molecule has 2 aromatic rings. The second kappa shape index (κ2) is 18.4. The van der Waals surface area contributed by atoms with Gasteiger partial charge in [0.25, 0.3) is 5.91 Å². The molecule has 0 spiro atoms. The van der Waals surface area contributed by atoms with E-state index in [1.807, 2.05) is 12.1 Å². The Kier molecular flexibility index (Phi) is 14.4. The number of hydrogen-bond donors (Lipinski definition) is 3. The lowest BCUT2D eigenvalue weighted by atomic mass is 9.87. The van der Waals surface area contributed by atoms with Crippen LogP contribution in [0.15, 0.2) is 64.9 Å². The van der Waals surface area contributed by atoms with Crippen molar-refractivity contribution in [2.24, 2.45) is 0 Å². The lowest BCUT2D eigenvalue weighted by Gasteiger charge is -2.28. The molecule has 0 aromatic heterocycles. The largest absolute Gasteiger partial charge is 0.506 e. The molecule has 45 heavy (non-hydrogen) atoms. The number of phenols is 1. The predicted molar refractivity (Wildman–Crippen MR) is 186 cm³/mol. The van der Waals surface area contributed by atoms with E-state index in [0.717, 1.165) is 24.0 Å². The molecule has 0 saturated carbocycles. The van der Waals surface area contributed by atoms with Crippen molar-refractivity contribution in [1.29, 1.82) is 0 Å². The molecule has 0 saturated heterocycles. The molecule has 244 valence electrons. The van der Waals surface area contributed by atoms with Crippen LogP contribution >= 0.6 is 23.2 Å². The highest BCUT2D eigenvalue weighted by molar-refractivity contribution is 6.32. The molecule has 4 rings (SSSR count). The maximum Gasteiger partial charge on any atom is 0.251 e. The number of halogens is 2. The predicted octanol–water partition coefficient (Wildman–Crippen LogP) is 10.6. The van der Waals surface area contributed by atoms with E-state index in [0.29, 0.717) is 34.8 Å². The fraction of sp³-hybridized carbons (Fsp3) is 0.500. The maximum absolute atomic E-state index is 12.8. The number of ether oxygens (including phenoxy) is 1. The van der Waals surface area contributed by atoms with E-state index >= 15 is 0 Å². The molecule has 1 aliphatic carbocycles. The summed E-state index contributed by atoms with van der Waals surface area (Å²) in [4.78, 5) is 12.8. The van der Waals surface area contributed by atoms with Crippen molar-refractivity contribution >= 4 is 34.7 Å².